The van der Waals surface area contributed by atoms with Gasteiger partial charge in [-0.1, -0.05) is 44.2 Å². The Hall–Kier alpha value is -1.91. The molecule has 0 aliphatic carbocycles. The van der Waals surface area contributed by atoms with Crippen molar-refractivity contribution in [3.05, 3.63) is 76.5 Å². The van der Waals surface area contributed by atoms with E-state index in [2.05, 4.69) is 90.4 Å². The number of imidazole rings is 1. The van der Waals surface area contributed by atoms with Crippen LogP contribution in [0.1, 0.15) is 49.3 Å². The van der Waals surface area contributed by atoms with Gasteiger partial charge in [-0.25, -0.2) is 9.13 Å². The first kappa shape index (κ1) is 18.9. The molecule has 0 aliphatic heterocycles. The van der Waals surface area contributed by atoms with Crippen molar-refractivity contribution in [2.45, 2.75) is 58.9 Å². The average molecular weight is 370 g/mol. The number of hydrogen-bond donors (Lipinski definition) is 0. The maximum atomic E-state index is 6.28. The van der Waals surface area contributed by atoms with Gasteiger partial charge in [-0.3, -0.25) is 0 Å². The summed E-state index contributed by atoms with van der Waals surface area (Å²) >= 11 is 1.77. The third-order valence-electron chi connectivity index (χ3n) is 4.75. The number of ether oxygens (including phenoxy) is 1. The van der Waals surface area contributed by atoms with E-state index in [1.165, 1.54) is 16.0 Å². The monoisotopic (exact) mass is 369 g/mol. The first-order chi connectivity index (χ1) is 12.7. The molecule has 2 heterocycles. The van der Waals surface area contributed by atoms with Crippen LogP contribution in [0.5, 0.6) is 0 Å². The van der Waals surface area contributed by atoms with Gasteiger partial charge in [-0.2, -0.15) is 0 Å². The molecule has 2 aromatic heterocycles. The fraction of sp³-hybridized carbons (Fsp3) is 0.409. The SMILES string of the molecule is CCc1ccc(C[n+]2ccn(CC(OC(C)CC)c3cccs3)c2)cc1. The standard InChI is InChI=1S/C22H29N2OS/c1-4-18(3)25-21(22-7-6-14-26-22)16-24-13-12-23(17-24)15-20-10-8-19(5-2)9-11-20/h6-14,17-18,21H,4-5,15-16H2,1-3H3/q+1. The number of rotatable bonds is 9. The Labute approximate surface area is 160 Å². The second-order valence-electron chi connectivity index (χ2n) is 6.81. The normalized spacial score (nSPS) is 13.7. The Morgan fingerprint density at radius 2 is 1.88 bits per heavy atom. The first-order valence-corrected chi connectivity index (χ1v) is 10.4. The Bertz CT molecular complexity index is 777. The molecule has 0 saturated carbocycles. The molecule has 1 aromatic carbocycles. The van der Waals surface area contributed by atoms with Gasteiger partial charge in [0.2, 0.25) is 6.33 Å². The highest BCUT2D eigenvalue weighted by Gasteiger charge is 2.19. The highest BCUT2D eigenvalue weighted by molar-refractivity contribution is 7.10. The third kappa shape index (κ3) is 5.05. The van der Waals surface area contributed by atoms with E-state index in [4.69, 9.17) is 4.74 Å². The fourth-order valence-corrected chi connectivity index (χ4v) is 3.73. The van der Waals surface area contributed by atoms with E-state index in [1.54, 1.807) is 11.3 Å². The summed E-state index contributed by atoms with van der Waals surface area (Å²) in [7, 11) is 0. The summed E-state index contributed by atoms with van der Waals surface area (Å²) in [5.74, 6) is 0. The molecule has 0 amide bonds. The van der Waals surface area contributed by atoms with Crippen LogP contribution in [0.25, 0.3) is 0 Å². The van der Waals surface area contributed by atoms with Crippen LogP contribution in [0, 0.1) is 0 Å². The summed E-state index contributed by atoms with van der Waals surface area (Å²) in [4.78, 5) is 1.29. The molecular weight excluding hydrogens is 340 g/mol. The largest absolute Gasteiger partial charge is 0.366 e. The molecule has 0 bridgehead atoms. The highest BCUT2D eigenvalue weighted by atomic mass is 32.1. The van der Waals surface area contributed by atoms with Crippen LogP contribution in [-0.4, -0.2) is 10.7 Å². The molecule has 0 fully saturated rings. The zero-order chi connectivity index (χ0) is 18.4. The summed E-state index contributed by atoms with van der Waals surface area (Å²) in [6.45, 7) is 8.24. The molecule has 2 atom stereocenters. The Balaban J connectivity index is 1.67. The summed E-state index contributed by atoms with van der Waals surface area (Å²) < 4.78 is 10.7. The van der Waals surface area contributed by atoms with Crippen LogP contribution < -0.4 is 4.57 Å². The quantitative estimate of drug-likeness (QED) is 0.485. The lowest BCUT2D eigenvalue weighted by Gasteiger charge is -2.19. The zero-order valence-electron chi connectivity index (χ0n) is 16.0. The predicted octanol–water partition coefficient (Wildman–Crippen LogP) is 5.00. The van der Waals surface area contributed by atoms with Gasteiger partial charge in [0.15, 0.2) is 0 Å². The van der Waals surface area contributed by atoms with Crippen LogP contribution in [-0.2, 0) is 24.2 Å². The van der Waals surface area contributed by atoms with Gasteiger partial charge in [0.25, 0.3) is 0 Å². The van der Waals surface area contributed by atoms with Gasteiger partial charge >= 0.3 is 0 Å². The van der Waals surface area contributed by atoms with E-state index < -0.39 is 0 Å². The number of thiophene rings is 1. The maximum absolute atomic E-state index is 6.28. The van der Waals surface area contributed by atoms with Crippen LogP contribution in [0.15, 0.2) is 60.5 Å². The molecule has 3 aromatic rings. The van der Waals surface area contributed by atoms with Gasteiger partial charge in [0.1, 0.15) is 31.6 Å². The minimum Gasteiger partial charge on any atom is -0.366 e. The Morgan fingerprint density at radius 1 is 1.12 bits per heavy atom. The van der Waals surface area contributed by atoms with Crippen molar-refractivity contribution in [3.63, 3.8) is 0 Å². The van der Waals surface area contributed by atoms with Gasteiger partial charge in [0.05, 0.1) is 6.10 Å². The molecule has 0 radical (unpaired) electrons. The molecule has 0 aliphatic rings. The third-order valence-corrected chi connectivity index (χ3v) is 5.72. The molecule has 2 unspecified atom stereocenters. The van der Waals surface area contributed by atoms with Gasteiger partial charge < -0.3 is 4.74 Å². The van der Waals surface area contributed by atoms with Gasteiger partial charge in [0, 0.05) is 4.88 Å². The predicted molar refractivity (Wildman–Crippen MR) is 107 cm³/mol. The zero-order valence-corrected chi connectivity index (χ0v) is 16.8. The molecule has 26 heavy (non-hydrogen) atoms. The van der Waals surface area contributed by atoms with Crippen molar-refractivity contribution in [1.29, 1.82) is 0 Å². The van der Waals surface area contributed by atoms with E-state index in [-0.39, 0.29) is 12.2 Å². The minimum absolute atomic E-state index is 0.106. The molecule has 0 spiro atoms. The molecule has 3 rings (SSSR count). The molecule has 3 nitrogen and oxygen atoms in total. The maximum Gasteiger partial charge on any atom is 0.244 e. The molecular formula is C22H29N2OS+. The van der Waals surface area contributed by atoms with E-state index in [0.29, 0.717) is 0 Å². The Morgan fingerprint density at radius 3 is 2.54 bits per heavy atom. The van der Waals surface area contributed by atoms with Crippen molar-refractivity contribution < 1.29 is 9.30 Å². The van der Waals surface area contributed by atoms with E-state index in [0.717, 1.165) is 25.9 Å². The van der Waals surface area contributed by atoms with Crippen LogP contribution in [0.2, 0.25) is 0 Å². The summed E-state index contributed by atoms with van der Waals surface area (Å²) in [5.41, 5.74) is 2.72. The molecule has 4 heteroatoms. The lowest BCUT2D eigenvalue weighted by Crippen LogP contribution is -2.31. The van der Waals surface area contributed by atoms with Crippen molar-refractivity contribution >= 4 is 11.3 Å². The molecule has 0 saturated heterocycles. The van der Waals surface area contributed by atoms with Gasteiger partial charge in [-0.05, 0) is 42.3 Å². The van der Waals surface area contributed by atoms with E-state index in [9.17, 15) is 0 Å². The number of benzene rings is 1. The van der Waals surface area contributed by atoms with Crippen molar-refractivity contribution in [2.24, 2.45) is 0 Å². The number of hydrogen-bond acceptors (Lipinski definition) is 2. The smallest absolute Gasteiger partial charge is 0.244 e. The second kappa shape index (κ2) is 9.15. The average Bonchev–Trinajstić information content (AvgIpc) is 3.34. The first-order valence-electron chi connectivity index (χ1n) is 9.49. The number of nitrogens with zero attached hydrogens (tertiary/aromatic N) is 2. The number of aromatic nitrogens is 2. The van der Waals surface area contributed by atoms with Crippen molar-refractivity contribution in [1.82, 2.24) is 4.57 Å². The molecule has 138 valence electrons. The minimum atomic E-state index is 0.106. The topological polar surface area (TPSA) is 18.0 Å². The van der Waals surface area contributed by atoms with Crippen LogP contribution in [0.3, 0.4) is 0 Å². The van der Waals surface area contributed by atoms with Gasteiger partial charge in [-0.15, -0.1) is 11.3 Å². The van der Waals surface area contributed by atoms with Crippen molar-refractivity contribution in [2.75, 3.05) is 0 Å². The van der Waals surface area contributed by atoms with Crippen molar-refractivity contribution in [3.8, 4) is 0 Å². The highest BCUT2D eigenvalue weighted by Crippen LogP contribution is 2.26. The van der Waals surface area contributed by atoms with Crippen LogP contribution >= 0.6 is 11.3 Å². The summed E-state index contributed by atoms with van der Waals surface area (Å²) in [6.07, 6.45) is 8.94. The fourth-order valence-electron chi connectivity index (χ4n) is 2.97. The van der Waals surface area contributed by atoms with E-state index >= 15 is 0 Å². The lowest BCUT2D eigenvalue weighted by molar-refractivity contribution is -0.687. The van der Waals surface area contributed by atoms with E-state index in [1.807, 2.05) is 0 Å². The lowest BCUT2D eigenvalue weighted by atomic mass is 10.1. The summed E-state index contributed by atoms with van der Waals surface area (Å²) in [5, 5.41) is 2.12. The Kier molecular flexibility index (Phi) is 6.64. The molecule has 0 N–H and O–H groups in total. The second-order valence-corrected chi connectivity index (χ2v) is 7.79. The summed E-state index contributed by atoms with van der Waals surface area (Å²) in [6, 6.07) is 13.2. The van der Waals surface area contributed by atoms with Crippen LogP contribution in [0.4, 0.5) is 0 Å². The number of aryl methyl sites for hydroxylation is 1.